The second-order valence-corrected chi connectivity index (χ2v) is 19.7. The molecule has 4 N–H and O–H groups in total. The molecule has 4 aromatic rings. The molecule has 0 saturated heterocycles. The fourth-order valence-corrected chi connectivity index (χ4v) is 11.6. The normalized spacial score (nSPS) is 19.6. The van der Waals surface area contributed by atoms with E-state index >= 15 is 0 Å². The first-order valence-corrected chi connectivity index (χ1v) is 24.4. The Morgan fingerprint density at radius 2 is 0.787 bits per heavy atom. The monoisotopic (exact) mass is 1120 g/mol. The SMILES string of the molecule is COC(=O)[C@@]1([C@]2(C(=O)OC)[C-](C(=O)OCCNC(=O)[C@H](C)NC(=O)OCC3c4ccccc4-c4ccccc43)C2(C)C)[C-](C(=O)OCCNC(=O)[C@H](C)NC(=O)OCC2c3ccccc3-c3ccccc32)C1(C)C.[Pd+2]. The molecule has 4 atom stereocenters. The van der Waals surface area contributed by atoms with Gasteiger partial charge in [0.15, 0.2) is 11.9 Å². The summed E-state index contributed by atoms with van der Waals surface area (Å²) in [4.78, 5) is 108. The van der Waals surface area contributed by atoms with Crippen molar-refractivity contribution in [3.63, 3.8) is 0 Å². The Labute approximate surface area is 448 Å². The molecule has 2 saturated carbocycles. The van der Waals surface area contributed by atoms with Crippen molar-refractivity contribution in [1.82, 2.24) is 21.3 Å². The minimum atomic E-state index is -2.09. The van der Waals surface area contributed by atoms with Crippen LogP contribution in [-0.4, -0.2) is 114 Å². The van der Waals surface area contributed by atoms with Gasteiger partial charge in [-0.3, -0.25) is 40.6 Å². The van der Waals surface area contributed by atoms with Crippen LogP contribution in [0.5, 0.6) is 0 Å². The van der Waals surface area contributed by atoms with E-state index in [1.165, 1.54) is 41.5 Å². The molecule has 18 nitrogen and oxygen atoms in total. The Hall–Kier alpha value is -7.36. The number of hydrogen-bond acceptors (Lipinski definition) is 14. The van der Waals surface area contributed by atoms with E-state index in [9.17, 15) is 38.4 Å². The van der Waals surface area contributed by atoms with Gasteiger partial charge in [-0.2, -0.15) is 0 Å². The first-order chi connectivity index (χ1) is 35.3. The van der Waals surface area contributed by atoms with Crippen LogP contribution in [-0.2, 0) is 77.6 Å². The van der Waals surface area contributed by atoms with Crippen LogP contribution in [0.4, 0.5) is 9.59 Å². The van der Waals surface area contributed by atoms with Gasteiger partial charge in [-0.25, -0.2) is 9.59 Å². The number of fused-ring (bicyclic) bond motifs is 6. The zero-order valence-electron chi connectivity index (χ0n) is 42.8. The average molecular weight is 1120 g/mol. The summed E-state index contributed by atoms with van der Waals surface area (Å²) in [6, 6.07) is 29.5. The third-order valence-corrected chi connectivity index (χ3v) is 15.1. The Morgan fingerprint density at radius 3 is 1.08 bits per heavy atom. The van der Waals surface area contributed by atoms with E-state index < -0.39 is 81.6 Å². The van der Waals surface area contributed by atoms with E-state index in [1.807, 2.05) is 97.1 Å². The van der Waals surface area contributed by atoms with Crippen LogP contribution in [0.2, 0.25) is 0 Å². The van der Waals surface area contributed by atoms with Crippen molar-refractivity contribution in [2.75, 3.05) is 53.7 Å². The summed E-state index contributed by atoms with van der Waals surface area (Å²) in [5, 5.41) is 10.2. The van der Waals surface area contributed by atoms with Gasteiger partial charge in [0, 0.05) is 11.8 Å². The molecule has 0 heterocycles. The van der Waals surface area contributed by atoms with Gasteiger partial charge in [0.2, 0.25) is 11.8 Å². The summed E-state index contributed by atoms with van der Waals surface area (Å²) < 4.78 is 32.7. The Balaban J connectivity index is 0.00000820. The summed E-state index contributed by atoms with van der Waals surface area (Å²) in [5.41, 5.74) is 1.39. The van der Waals surface area contributed by atoms with Crippen molar-refractivity contribution in [2.45, 2.75) is 65.5 Å². The number of alkyl carbamates (subject to hydrolysis) is 2. The van der Waals surface area contributed by atoms with Crippen molar-refractivity contribution >= 4 is 47.9 Å². The number of hydrogen-bond donors (Lipinski definition) is 4. The van der Waals surface area contributed by atoms with Crippen LogP contribution >= 0.6 is 0 Å². The number of rotatable bonds is 19. The van der Waals surface area contributed by atoms with Crippen LogP contribution in [0.1, 0.15) is 75.6 Å². The van der Waals surface area contributed by atoms with Crippen molar-refractivity contribution in [3.8, 4) is 22.3 Å². The Bertz CT molecular complexity index is 2620. The van der Waals surface area contributed by atoms with Crippen LogP contribution in [0.3, 0.4) is 0 Å². The van der Waals surface area contributed by atoms with Crippen LogP contribution in [0.15, 0.2) is 97.1 Å². The number of benzene rings is 4. The third-order valence-electron chi connectivity index (χ3n) is 15.1. The largest absolute Gasteiger partial charge is 2.00 e. The smallest absolute Gasteiger partial charge is 0.486 e. The number of esters is 4. The molecule has 8 rings (SSSR count). The van der Waals surface area contributed by atoms with Crippen molar-refractivity contribution < 1.29 is 87.2 Å². The second-order valence-electron chi connectivity index (χ2n) is 19.7. The van der Waals surface area contributed by atoms with Gasteiger partial charge in [-0.1, -0.05) is 136 Å². The van der Waals surface area contributed by atoms with Gasteiger partial charge < -0.3 is 49.7 Å². The number of carbonyl (C=O) groups is 8. The molecule has 4 aliphatic rings. The summed E-state index contributed by atoms with van der Waals surface area (Å²) in [6.45, 7) is 8.02. The molecule has 0 bridgehead atoms. The summed E-state index contributed by atoms with van der Waals surface area (Å²) in [6.07, 6.45) is -1.59. The van der Waals surface area contributed by atoms with Crippen molar-refractivity contribution in [2.24, 2.45) is 21.7 Å². The molecule has 4 aliphatic carbocycles. The van der Waals surface area contributed by atoms with E-state index in [-0.39, 0.29) is 83.6 Å². The molecule has 0 unspecified atom stereocenters. The molecule has 398 valence electrons. The zero-order chi connectivity index (χ0) is 53.3. The molecule has 0 radical (unpaired) electrons. The number of amides is 4. The average Bonchev–Trinajstić information content (AvgIpc) is 3.95. The van der Waals surface area contributed by atoms with E-state index in [0.29, 0.717) is 0 Å². The van der Waals surface area contributed by atoms with E-state index in [1.54, 1.807) is 0 Å². The van der Waals surface area contributed by atoms with Gasteiger partial charge in [0.25, 0.3) is 11.9 Å². The molecule has 0 aliphatic heterocycles. The maximum absolute atomic E-state index is 14.1. The molecule has 19 heteroatoms. The van der Waals surface area contributed by atoms with Crippen molar-refractivity contribution in [3.05, 3.63) is 131 Å². The topological polar surface area (TPSA) is 240 Å². The second kappa shape index (κ2) is 21.8. The first-order valence-electron chi connectivity index (χ1n) is 24.4. The van der Waals surface area contributed by atoms with Gasteiger partial charge in [0.1, 0.15) is 38.5 Å². The Morgan fingerprint density at radius 1 is 0.493 bits per heavy atom. The number of nitrogens with one attached hydrogen (secondary N) is 4. The predicted octanol–water partition coefficient (Wildman–Crippen LogP) is 5.70. The number of ether oxygens (including phenoxy) is 6. The van der Waals surface area contributed by atoms with Crippen molar-refractivity contribution in [1.29, 1.82) is 0 Å². The third kappa shape index (κ3) is 9.45. The fraction of sp³-hybridized carbons (Fsp3) is 0.393. The maximum atomic E-state index is 14.1. The van der Waals surface area contributed by atoms with Crippen LogP contribution in [0.25, 0.3) is 22.3 Å². The van der Waals surface area contributed by atoms with E-state index in [2.05, 4.69) is 21.3 Å². The summed E-state index contributed by atoms with van der Waals surface area (Å²) >= 11 is 0. The van der Waals surface area contributed by atoms with Crippen LogP contribution in [0, 0.1) is 33.5 Å². The van der Waals surface area contributed by atoms with Crippen LogP contribution < -0.4 is 21.3 Å². The molecule has 4 amide bonds. The molecular formula is C56H60N4O14Pd. The Kier molecular flexibility index (Phi) is 16.1. The molecular weight excluding hydrogens is 1060 g/mol. The fourth-order valence-electron chi connectivity index (χ4n) is 11.6. The summed E-state index contributed by atoms with van der Waals surface area (Å²) in [7, 11) is 2.17. The van der Waals surface area contributed by atoms with Gasteiger partial charge in [-0.15, -0.1) is 10.8 Å². The molecule has 75 heavy (non-hydrogen) atoms. The number of carbonyl (C=O) groups excluding carboxylic acids is 8. The van der Waals surface area contributed by atoms with Gasteiger partial charge >= 0.3 is 32.6 Å². The number of methoxy groups -OCH3 is 2. The molecule has 0 spiro atoms. The maximum Gasteiger partial charge on any atom is 2.00 e. The molecule has 2 fully saturated rings. The summed E-state index contributed by atoms with van der Waals surface area (Å²) in [5.74, 6) is -5.85. The zero-order valence-corrected chi connectivity index (χ0v) is 44.4. The van der Waals surface area contributed by atoms with Gasteiger partial charge in [0.05, 0.1) is 27.3 Å². The van der Waals surface area contributed by atoms with E-state index in [0.717, 1.165) is 58.7 Å². The van der Waals surface area contributed by atoms with Gasteiger partial charge in [-0.05, 0) is 58.4 Å². The first kappa shape index (κ1) is 55.4. The molecule has 4 aromatic carbocycles. The minimum Gasteiger partial charge on any atom is -0.486 e. The molecule has 0 aromatic heterocycles. The van der Waals surface area contributed by atoms with E-state index in [4.69, 9.17) is 28.4 Å². The quantitative estimate of drug-likeness (QED) is 0.0290. The minimum absolute atomic E-state index is 0. The predicted molar refractivity (Wildman–Crippen MR) is 266 cm³/mol. The standard InChI is InChI=1S/C56H60N4O14.Pd/c1-31(59-51(67)73-29-41-37-21-13-9-17-33(37)34-18-10-14-22-38(34)41)45(61)57-25-27-71-47(63)43-53(3,4)55(43,49(65)69-7)56(50(66)70-8)44(54(56,5)6)48(64)72-28-26-58-46(62)32(2)60-52(68)74-30-42-39-23-15-11-19-35(39)36-20-12-16-24-40(36)42;/h9-24,31-32,41-42H,25-30H2,1-8H3,(H,57,61)(H,58,62)(H,59,67)(H,60,68);/q-2;+2/t31-,32-,55-,56-;/m0./s1.